The number of carbonyl (C=O) groups is 1. The minimum Gasteiger partial charge on any atom is -0.378 e. The smallest absolute Gasteiger partial charge is 0.255 e. The van der Waals surface area contributed by atoms with Crippen molar-refractivity contribution in [1.29, 1.82) is 0 Å². The number of hydrogen-bond acceptors (Lipinski definition) is 6. The van der Waals surface area contributed by atoms with Crippen LogP contribution in [-0.4, -0.2) is 102 Å². The summed E-state index contributed by atoms with van der Waals surface area (Å²) in [5.74, 6) is -0.151. The number of likely N-dealkylation sites (N-methyl/N-ethyl adjacent to an activating group) is 1. The van der Waals surface area contributed by atoms with Gasteiger partial charge in [-0.1, -0.05) is 0 Å². The largest absolute Gasteiger partial charge is 0.378 e. The zero-order chi connectivity index (χ0) is 21.0. The summed E-state index contributed by atoms with van der Waals surface area (Å²) in [5.41, 5.74) is 1.20. The second kappa shape index (κ2) is 9.42. The third kappa shape index (κ3) is 5.09. The van der Waals surface area contributed by atoms with Crippen LogP contribution in [0.2, 0.25) is 0 Å². The van der Waals surface area contributed by atoms with Crippen LogP contribution >= 0.6 is 0 Å². The summed E-state index contributed by atoms with van der Waals surface area (Å²) < 4.78 is 31.8. The quantitative estimate of drug-likeness (QED) is 0.649. The summed E-state index contributed by atoms with van der Waals surface area (Å²) in [4.78, 5) is 19.6. The van der Waals surface area contributed by atoms with Crippen LogP contribution in [0.15, 0.2) is 23.1 Å². The number of morpholine rings is 1. The third-order valence-corrected chi connectivity index (χ3v) is 7.44. The number of rotatable bonds is 7. The van der Waals surface area contributed by atoms with Crippen molar-refractivity contribution in [2.24, 2.45) is 0 Å². The van der Waals surface area contributed by atoms with Crippen LogP contribution in [0.5, 0.6) is 0 Å². The second-order valence-corrected chi connectivity index (χ2v) is 9.99. The van der Waals surface area contributed by atoms with Gasteiger partial charge in [0.15, 0.2) is 0 Å². The summed E-state index contributed by atoms with van der Waals surface area (Å²) in [6, 6.07) is 4.86. The van der Waals surface area contributed by atoms with Crippen molar-refractivity contribution in [3.05, 3.63) is 23.8 Å². The Morgan fingerprint density at radius 3 is 2.34 bits per heavy atom. The number of likely N-dealkylation sites (tertiary alicyclic amines) is 1. The first-order valence-electron chi connectivity index (χ1n) is 10.2. The molecule has 3 rings (SSSR count). The molecule has 0 aliphatic carbocycles. The summed E-state index contributed by atoms with van der Waals surface area (Å²) in [6.45, 7) is 6.16. The van der Waals surface area contributed by atoms with Crippen LogP contribution in [-0.2, 0) is 14.8 Å². The molecule has 8 nitrogen and oxygen atoms in total. The van der Waals surface area contributed by atoms with Crippen LogP contribution in [0, 0.1) is 0 Å². The molecule has 1 aromatic rings. The number of nitrogens with zero attached hydrogens (tertiary/aromatic N) is 4. The maximum Gasteiger partial charge on any atom is 0.255 e. The molecule has 0 N–H and O–H groups in total. The van der Waals surface area contributed by atoms with Gasteiger partial charge in [0.05, 0.1) is 23.7 Å². The maximum absolute atomic E-state index is 13.3. The van der Waals surface area contributed by atoms with E-state index in [1.54, 1.807) is 24.1 Å². The molecule has 0 unspecified atom stereocenters. The van der Waals surface area contributed by atoms with Crippen LogP contribution in [0.25, 0.3) is 0 Å². The van der Waals surface area contributed by atoms with E-state index in [4.69, 9.17) is 4.74 Å². The van der Waals surface area contributed by atoms with Crippen LogP contribution in [0.4, 0.5) is 5.69 Å². The molecule has 162 valence electrons. The summed E-state index contributed by atoms with van der Waals surface area (Å²) >= 11 is 0. The van der Waals surface area contributed by atoms with Gasteiger partial charge in [-0.05, 0) is 44.1 Å². The van der Waals surface area contributed by atoms with E-state index in [2.05, 4.69) is 9.80 Å². The topological polar surface area (TPSA) is 73.4 Å². The lowest BCUT2D eigenvalue weighted by atomic mass is 10.1. The van der Waals surface area contributed by atoms with E-state index in [0.29, 0.717) is 38.4 Å². The molecular formula is C20H32N4O4S. The zero-order valence-electron chi connectivity index (χ0n) is 17.6. The normalized spacial score (nSPS) is 18.4. The van der Waals surface area contributed by atoms with Gasteiger partial charge in [0, 0.05) is 53.0 Å². The van der Waals surface area contributed by atoms with Crippen molar-refractivity contribution in [2.75, 3.05) is 78.5 Å². The van der Waals surface area contributed by atoms with Gasteiger partial charge in [-0.15, -0.1) is 0 Å². The average Bonchev–Trinajstić information content (AvgIpc) is 3.25. The van der Waals surface area contributed by atoms with Crippen molar-refractivity contribution in [1.82, 2.24) is 14.1 Å². The summed E-state index contributed by atoms with van der Waals surface area (Å²) in [6.07, 6.45) is 2.42. The number of carbonyl (C=O) groups excluding carboxylic acids is 1. The Bertz CT molecular complexity index is 816. The highest BCUT2D eigenvalue weighted by atomic mass is 32.2. The molecule has 2 heterocycles. The summed E-state index contributed by atoms with van der Waals surface area (Å²) in [5, 5.41) is 0. The third-order valence-electron chi connectivity index (χ3n) is 5.63. The molecule has 0 atom stereocenters. The highest BCUT2D eigenvalue weighted by molar-refractivity contribution is 7.89. The average molecular weight is 425 g/mol. The van der Waals surface area contributed by atoms with E-state index in [9.17, 15) is 13.2 Å². The first kappa shape index (κ1) is 22.0. The van der Waals surface area contributed by atoms with Crippen molar-refractivity contribution >= 4 is 21.6 Å². The molecule has 0 saturated carbocycles. The molecule has 29 heavy (non-hydrogen) atoms. The van der Waals surface area contributed by atoms with Gasteiger partial charge in [0.25, 0.3) is 5.91 Å². The fraction of sp³-hybridized carbons (Fsp3) is 0.650. The molecule has 9 heteroatoms. The second-order valence-electron chi connectivity index (χ2n) is 7.84. The molecule has 2 aliphatic heterocycles. The fourth-order valence-electron chi connectivity index (χ4n) is 3.74. The predicted octanol–water partition coefficient (Wildman–Crippen LogP) is 0.941. The first-order chi connectivity index (χ1) is 13.8. The number of benzene rings is 1. The van der Waals surface area contributed by atoms with Crippen molar-refractivity contribution < 1.29 is 17.9 Å². The number of sulfonamides is 1. The molecule has 2 aliphatic rings. The first-order valence-corrected chi connectivity index (χ1v) is 11.6. The minimum atomic E-state index is -3.62. The Morgan fingerprint density at radius 1 is 1.07 bits per heavy atom. The zero-order valence-corrected chi connectivity index (χ0v) is 18.4. The lowest BCUT2D eigenvalue weighted by Gasteiger charge is -2.31. The standard InChI is InChI=1S/C20H32N4O4S/c1-21(2)29(26,27)17-6-7-19(24-12-14-28-15-13-24)18(16-17)20(25)22(3)10-11-23-8-4-5-9-23/h6-7,16H,4-5,8-15H2,1-3H3. The molecule has 0 bridgehead atoms. The van der Waals surface area contributed by atoms with E-state index in [-0.39, 0.29) is 10.8 Å². The summed E-state index contributed by atoms with van der Waals surface area (Å²) in [7, 11) is 1.16. The number of amides is 1. The van der Waals surface area contributed by atoms with Crippen molar-refractivity contribution in [3.63, 3.8) is 0 Å². The minimum absolute atomic E-state index is 0.135. The Labute approximate surface area is 174 Å². The Morgan fingerprint density at radius 2 is 1.72 bits per heavy atom. The molecule has 2 fully saturated rings. The van der Waals surface area contributed by atoms with Crippen LogP contribution in [0.3, 0.4) is 0 Å². The van der Waals surface area contributed by atoms with Gasteiger partial charge >= 0.3 is 0 Å². The van der Waals surface area contributed by atoms with Gasteiger partial charge in [-0.2, -0.15) is 0 Å². The molecule has 1 amide bonds. The van der Waals surface area contributed by atoms with Crippen molar-refractivity contribution in [3.8, 4) is 0 Å². The highest BCUT2D eigenvalue weighted by Gasteiger charge is 2.26. The SMILES string of the molecule is CN(CCN1CCCC1)C(=O)c1cc(S(=O)(=O)N(C)C)ccc1N1CCOCC1. The lowest BCUT2D eigenvalue weighted by molar-refractivity contribution is 0.0781. The maximum atomic E-state index is 13.3. The Balaban J connectivity index is 1.88. The molecule has 2 saturated heterocycles. The molecular weight excluding hydrogens is 392 g/mol. The van der Waals surface area contributed by atoms with Gasteiger partial charge in [-0.25, -0.2) is 12.7 Å². The number of hydrogen-bond donors (Lipinski definition) is 0. The van der Waals surface area contributed by atoms with Crippen LogP contribution < -0.4 is 4.90 Å². The van der Waals surface area contributed by atoms with Gasteiger partial charge in [0.2, 0.25) is 10.0 Å². The van der Waals surface area contributed by atoms with E-state index in [0.717, 1.165) is 25.3 Å². The van der Waals surface area contributed by atoms with Gasteiger partial charge in [-0.3, -0.25) is 4.79 Å². The van der Waals surface area contributed by atoms with Crippen molar-refractivity contribution in [2.45, 2.75) is 17.7 Å². The Hall–Kier alpha value is -1.68. The Kier molecular flexibility index (Phi) is 7.15. The van der Waals surface area contributed by atoms with Gasteiger partial charge < -0.3 is 19.4 Å². The predicted molar refractivity (Wildman–Crippen MR) is 113 cm³/mol. The van der Waals surface area contributed by atoms with E-state index >= 15 is 0 Å². The monoisotopic (exact) mass is 424 g/mol. The molecule has 1 aromatic carbocycles. The van der Waals surface area contributed by atoms with E-state index < -0.39 is 10.0 Å². The molecule has 0 radical (unpaired) electrons. The molecule has 0 aromatic heterocycles. The number of anilines is 1. The molecule has 0 spiro atoms. The number of ether oxygens (including phenoxy) is 1. The lowest BCUT2D eigenvalue weighted by Crippen LogP contribution is -2.39. The highest BCUT2D eigenvalue weighted by Crippen LogP contribution is 2.27. The van der Waals surface area contributed by atoms with E-state index in [1.165, 1.54) is 37.3 Å². The van der Waals surface area contributed by atoms with Gasteiger partial charge in [0.1, 0.15) is 0 Å². The van der Waals surface area contributed by atoms with Crippen LogP contribution in [0.1, 0.15) is 23.2 Å². The fourth-order valence-corrected chi connectivity index (χ4v) is 4.67. The van der Waals surface area contributed by atoms with E-state index in [1.807, 2.05) is 0 Å².